The van der Waals surface area contributed by atoms with Crippen LogP contribution in [0.1, 0.15) is 60.8 Å². The van der Waals surface area contributed by atoms with Crippen molar-refractivity contribution in [1.29, 1.82) is 0 Å². The van der Waals surface area contributed by atoms with Gasteiger partial charge in [0.05, 0.1) is 11.7 Å². The van der Waals surface area contributed by atoms with Gasteiger partial charge < -0.3 is 14.9 Å². The minimum atomic E-state index is -0.941. The lowest BCUT2D eigenvalue weighted by atomic mass is 9.66. The topological polar surface area (TPSA) is 66.8 Å². The number of esters is 1. The van der Waals surface area contributed by atoms with Crippen molar-refractivity contribution in [2.45, 2.75) is 78.6 Å². The van der Waals surface area contributed by atoms with Gasteiger partial charge in [0.2, 0.25) is 0 Å². The Morgan fingerprint density at radius 1 is 1.42 bits per heavy atom. The molecule has 5 atom stereocenters. The molecule has 0 aliphatic heterocycles. The number of rotatable bonds is 3. The maximum Gasteiger partial charge on any atom is 0.333 e. The molecule has 136 valence electrons. The summed E-state index contributed by atoms with van der Waals surface area (Å²) in [6.45, 7) is 11.5. The third kappa shape index (κ3) is 3.06. The predicted octanol–water partition coefficient (Wildman–Crippen LogP) is 3.38. The highest BCUT2D eigenvalue weighted by molar-refractivity contribution is 5.87. The fourth-order valence-electron chi connectivity index (χ4n) is 4.50. The molecule has 2 aliphatic carbocycles. The SMILES string of the molecule is C/C=C(/C)C(=O)O[C@H]1CC(C)=C[C@@H](O)[C@@]2(C)CC[C@@](O)(C(C)C)[C@H]12. The third-order valence-corrected chi connectivity index (χ3v) is 6.34. The quantitative estimate of drug-likeness (QED) is 0.471. The molecule has 0 aromatic carbocycles. The van der Waals surface area contributed by atoms with Crippen molar-refractivity contribution < 1.29 is 19.7 Å². The lowest BCUT2D eigenvalue weighted by molar-refractivity contribution is -0.166. The Morgan fingerprint density at radius 3 is 2.58 bits per heavy atom. The molecule has 4 heteroatoms. The second kappa shape index (κ2) is 6.64. The van der Waals surface area contributed by atoms with Crippen molar-refractivity contribution in [3.63, 3.8) is 0 Å². The van der Waals surface area contributed by atoms with E-state index in [4.69, 9.17) is 4.74 Å². The summed E-state index contributed by atoms with van der Waals surface area (Å²) in [6.07, 6.45) is 4.42. The first-order chi connectivity index (χ1) is 11.1. The summed E-state index contributed by atoms with van der Waals surface area (Å²) < 4.78 is 5.85. The largest absolute Gasteiger partial charge is 0.458 e. The van der Waals surface area contributed by atoms with Crippen LogP contribution in [0.5, 0.6) is 0 Å². The second-order valence-corrected chi connectivity index (χ2v) is 8.21. The normalized spacial score (nSPS) is 40.1. The number of fused-ring (bicyclic) bond motifs is 1. The fourth-order valence-corrected chi connectivity index (χ4v) is 4.50. The van der Waals surface area contributed by atoms with E-state index in [1.807, 2.05) is 40.7 Å². The summed E-state index contributed by atoms with van der Waals surface area (Å²) in [5.74, 6) is -0.603. The molecule has 0 unspecified atom stereocenters. The van der Waals surface area contributed by atoms with Crippen LogP contribution >= 0.6 is 0 Å². The number of aliphatic hydroxyl groups is 2. The molecule has 0 bridgehead atoms. The van der Waals surface area contributed by atoms with E-state index >= 15 is 0 Å². The van der Waals surface area contributed by atoms with Gasteiger partial charge in [0.25, 0.3) is 0 Å². The van der Waals surface area contributed by atoms with Crippen molar-refractivity contribution in [3.05, 3.63) is 23.3 Å². The Balaban J connectivity index is 2.46. The Morgan fingerprint density at radius 2 is 2.04 bits per heavy atom. The zero-order valence-electron chi connectivity index (χ0n) is 15.8. The van der Waals surface area contributed by atoms with E-state index in [9.17, 15) is 15.0 Å². The van der Waals surface area contributed by atoms with E-state index in [2.05, 4.69) is 0 Å². The Kier molecular flexibility index (Phi) is 5.31. The van der Waals surface area contributed by atoms with Crippen LogP contribution in [0.25, 0.3) is 0 Å². The van der Waals surface area contributed by atoms with Crippen LogP contribution in [-0.2, 0) is 9.53 Å². The second-order valence-electron chi connectivity index (χ2n) is 8.21. The van der Waals surface area contributed by atoms with E-state index in [1.165, 1.54) is 0 Å². The molecule has 0 heterocycles. The average Bonchev–Trinajstić information content (AvgIpc) is 2.74. The van der Waals surface area contributed by atoms with Gasteiger partial charge in [-0.25, -0.2) is 4.79 Å². The van der Waals surface area contributed by atoms with Crippen LogP contribution < -0.4 is 0 Å². The smallest absolute Gasteiger partial charge is 0.333 e. The summed E-state index contributed by atoms with van der Waals surface area (Å²) in [5.41, 5.74) is 0.128. The minimum absolute atomic E-state index is 0.0268. The third-order valence-electron chi connectivity index (χ3n) is 6.34. The molecule has 24 heavy (non-hydrogen) atoms. The maximum absolute atomic E-state index is 12.4. The summed E-state index contributed by atoms with van der Waals surface area (Å²) in [5, 5.41) is 22.2. The zero-order valence-corrected chi connectivity index (χ0v) is 15.8. The van der Waals surface area contributed by atoms with Crippen molar-refractivity contribution in [1.82, 2.24) is 0 Å². The summed E-state index contributed by atoms with van der Waals surface area (Å²) >= 11 is 0. The minimum Gasteiger partial charge on any atom is -0.458 e. The number of allylic oxidation sites excluding steroid dienone is 1. The molecule has 0 aromatic heterocycles. The Hall–Kier alpha value is -1.13. The van der Waals surface area contributed by atoms with Gasteiger partial charge in [-0.15, -0.1) is 0 Å². The summed E-state index contributed by atoms with van der Waals surface area (Å²) in [7, 11) is 0. The van der Waals surface area contributed by atoms with Gasteiger partial charge in [-0.1, -0.05) is 38.5 Å². The van der Waals surface area contributed by atoms with Crippen LogP contribution in [-0.4, -0.2) is 34.0 Å². The van der Waals surface area contributed by atoms with Gasteiger partial charge >= 0.3 is 5.97 Å². The molecule has 0 spiro atoms. The van der Waals surface area contributed by atoms with Crippen LogP contribution in [0, 0.1) is 17.3 Å². The van der Waals surface area contributed by atoms with Gasteiger partial charge in [-0.3, -0.25) is 0 Å². The first-order valence-corrected chi connectivity index (χ1v) is 8.98. The Bertz CT molecular complexity index is 562. The standard InChI is InChI=1S/C20H32O4/c1-7-14(5)18(22)24-15-10-13(4)11-16(21)19(6)8-9-20(23,12(2)3)17(15)19/h7,11-12,15-17,21,23H,8-10H2,1-6H3/b14-7-/t15-,16+,17+,19+,20+/m0/s1. The summed E-state index contributed by atoms with van der Waals surface area (Å²) in [4.78, 5) is 12.4. The first-order valence-electron chi connectivity index (χ1n) is 8.98. The van der Waals surface area contributed by atoms with Gasteiger partial charge in [0.1, 0.15) is 6.10 Å². The average molecular weight is 336 g/mol. The molecule has 2 N–H and O–H groups in total. The van der Waals surface area contributed by atoms with Crippen LogP contribution in [0.2, 0.25) is 0 Å². The molecule has 4 nitrogen and oxygen atoms in total. The molecular weight excluding hydrogens is 304 g/mol. The molecule has 2 aliphatic rings. The van der Waals surface area contributed by atoms with E-state index in [0.29, 0.717) is 24.8 Å². The molecule has 2 rings (SSSR count). The van der Waals surface area contributed by atoms with Crippen LogP contribution in [0.3, 0.4) is 0 Å². The zero-order chi connectivity index (χ0) is 18.3. The molecule has 1 fully saturated rings. The summed E-state index contributed by atoms with van der Waals surface area (Å²) in [6, 6.07) is 0. The van der Waals surface area contributed by atoms with E-state index < -0.39 is 23.2 Å². The van der Waals surface area contributed by atoms with E-state index in [1.54, 1.807) is 13.0 Å². The number of carbonyl (C=O) groups is 1. The van der Waals surface area contributed by atoms with Gasteiger partial charge in [-0.2, -0.15) is 0 Å². The molecule has 0 amide bonds. The van der Waals surface area contributed by atoms with Crippen LogP contribution in [0.4, 0.5) is 0 Å². The van der Waals surface area contributed by atoms with Crippen molar-refractivity contribution in [3.8, 4) is 0 Å². The predicted molar refractivity (Wildman–Crippen MR) is 94.3 cm³/mol. The van der Waals surface area contributed by atoms with Crippen molar-refractivity contribution in [2.24, 2.45) is 17.3 Å². The van der Waals surface area contributed by atoms with Gasteiger partial charge in [0.15, 0.2) is 0 Å². The lowest BCUT2D eigenvalue weighted by Crippen LogP contribution is -2.52. The molecule has 0 saturated heterocycles. The van der Waals surface area contributed by atoms with Gasteiger partial charge in [0, 0.05) is 23.3 Å². The van der Waals surface area contributed by atoms with Crippen LogP contribution in [0.15, 0.2) is 23.3 Å². The molecule has 0 aromatic rings. The number of hydrogen-bond donors (Lipinski definition) is 2. The van der Waals surface area contributed by atoms with E-state index in [0.717, 1.165) is 5.57 Å². The molecule has 1 saturated carbocycles. The number of carbonyl (C=O) groups excluding carboxylic acids is 1. The lowest BCUT2D eigenvalue weighted by Gasteiger charge is -2.44. The highest BCUT2D eigenvalue weighted by atomic mass is 16.5. The number of aliphatic hydroxyl groups excluding tert-OH is 1. The fraction of sp³-hybridized carbons (Fsp3) is 0.750. The highest BCUT2D eigenvalue weighted by Crippen LogP contribution is 2.58. The highest BCUT2D eigenvalue weighted by Gasteiger charge is 2.61. The first kappa shape index (κ1) is 19.2. The van der Waals surface area contributed by atoms with Gasteiger partial charge in [-0.05, 0) is 39.5 Å². The number of hydrogen-bond acceptors (Lipinski definition) is 4. The number of ether oxygens (including phenoxy) is 1. The van der Waals surface area contributed by atoms with Crippen molar-refractivity contribution in [2.75, 3.05) is 0 Å². The monoisotopic (exact) mass is 336 g/mol. The van der Waals surface area contributed by atoms with Crippen molar-refractivity contribution >= 4 is 5.97 Å². The molecular formula is C20H32O4. The van der Waals surface area contributed by atoms with E-state index in [-0.39, 0.29) is 17.8 Å². The molecule has 0 radical (unpaired) electrons. The maximum atomic E-state index is 12.4. The Labute approximate surface area is 145 Å².